The first-order chi connectivity index (χ1) is 28.2. The number of phenolic OH excluding ortho intramolecular Hbond substituents is 1. The Morgan fingerprint density at radius 1 is 0.881 bits per heavy atom. The summed E-state index contributed by atoms with van der Waals surface area (Å²) in [5.74, 6) is -4.10. The zero-order chi connectivity index (χ0) is 42.8. The molecule has 0 bridgehead atoms. The quantitative estimate of drug-likeness (QED) is 0.0664. The van der Waals surface area contributed by atoms with Gasteiger partial charge in [0.15, 0.2) is 5.78 Å². The Bertz CT molecular complexity index is 2110. The average Bonchev–Trinajstić information content (AvgIpc) is 3.49. The number of phenols is 1. The number of aromatic nitrogens is 1. The summed E-state index contributed by atoms with van der Waals surface area (Å²) in [5.41, 5.74) is 9.94. The molecule has 0 saturated heterocycles. The van der Waals surface area contributed by atoms with Crippen LogP contribution in [0, 0.1) is 23.7 Å². The highest BCUT2D eigenvalue weighted by Gasteiger charge is 2.38. The number of aliphatic hydroxyl groups excluding tert-OH is 1. The van der Waals surface area contributed by atoms with Crippen LogP contribution in [-0.2, 0) is 49.8 Å². The first-order valence-electron chi connectivity index (χ1n) is 20.4. The van der Waals surface area contributed by atoms with Crippen LogP contribution in [0.2, 0.25) is 0 Å². The van der Waals surface area contributed by atoms with E-state index in [1.165, 1.54) is 17.0 Å². The van der Waals surface area contributed by atoms with Crippen molar-refractivity contribution in [2.24, 2.45) is 29.4 Å². The number of hydrogen-bond acceptors (Lipinski definition) is 8. The van der Waals surface area contributed by atoms with Gasteiger partial charge in [0.2, 0.25) is 23.6 Å². The fourth-order valence-corrected chi connectivity index (χ4v) is 7.71. The highest BCUT2D eigenvalue weighted by Crippen LogP contribution is 2.29. The maximum absolute atomic E-state index is 14.4. The lowest BCUT2D eigenvalue weighted by molar-refractivity contribution is -0.141. The van der Waals surface area contributed by atoms with E-state index in [9.17, 15) is 34.2 Å². The zero-order valence-corrected chi connectivity index (χ0v) is 34.4. The number of nitrogens with zero attached hydrogens (tertiary/aromatic N) is 1. The monoisotopic (exact) mass is 806 g/mol. The van der Waals surface area contributed by atoms with Crippen molar-refractivity contribution < 1.29 is 34.2 Å². The SMILES string of the molecule is C=C(O)[C@H](Cc1ccccc1)NC(=O)CN1Cc2[nH]c3ccccc3c2C[C@H](NC(=O)[C@@H](CC(=O)[C@H](Cc2ccc(O)cc2)NC(=O)[C@@H](CN)C(C)C)[C@@H](C)CC)C1=O. The van der Waals surface area contributed by atoms with Gasteiger partial charge in [-0.05, 0) is 59.6 Å². The third-order valence-electron chi connectivity index (χ3n) is 11.5. The minimum atomic E-state index is -1.07. The van der Waals surface area contributed by atoms with Crippen molar-refractivity contribution in [3.8, 4) is 5.75 Å². The predicted molar refractivity (Wildman–Crippen MR) is 227 cm³/mol. The van der Waals surface area contributed by atoms with Gasteiger partial charge in [-0.3, -0.25) is 24.0 Å². The molecule has 0 spiro atoms. The molecule has 4 aromatic rings. The number of aliphatic hydroxyl groups is 1. The van der Waals surface area contributed by atoms with Crippen LogP contribution in [0.25, 0.3) is 10.9 Å². The molecular formula is C46H58N6O7. The van der Waals surface area contributed by atoms with E-state index < -0.39 is 47.7 Å². The molecule has 0 radical (unpaired) electrons. The summed E-state index contributed by atoms with van der Waals surface area (Å²) in [6.07, 6.45) is 0.912. The molecule has 2 heterocycles. The molecule has 8 N–H and O–H groups in total. The molecule has 1 aromatic heterocycles. The molecule has 6 atom stereocenters. The second-order valence-corrected chi connectivity index (χ2v) is 16.1. The number of para-hydroxylation sites is 1. The van der Waals surface area contributed by atoms with Crippen LogP contribution < -0.4 is 21.7 Å². The van der Waals surface area contributed by atoms with Gasteiger partial charge in [0, 0.05) is 41.9 Å². The lowest BCUT2D eigenvalue weighted by Crippen LogP contribution is -2.53. The number of nitrogens with one attached hydrogen (secondary N) is 4. The molecule has 0 aliphatic carbocycles. The van der Waals surface area contributed by atoms with Gasteiger partial charge in [-0.15, -0.1) is 0 Å². The summed E-state index contributed by atoms with van der Waals surface area (Å²) in [5, 5.41) is 29.8. The second-order valence-electron chi connectivity index (χ2n) is 16.1. The Kier molecular flexibility index (Phi) is 15.1. The van der Waals surface area contributed by atoms with Gasteiger partial charge < -0.3 is 41.8 Å². The summed E-state index contributed by atoms with van der Waals surface area (Å²) < 4.78 is 0. The smallest absolute Gasteiger partial charge is 0.246 e. The van der Waals surface area contributed by atoms with Crippen molar-refractivity contribution >= 4 is 40.3 Å². The summed E-state index contributed by atoms with van der Waals surface area (Å²) in [7, 11) is 0. The Hall–Kier alpha value is -5.95. The molecule has 0 fully saturated rings. The number of fused-ring (bicyclic) bond motifs is 3. The fourth-order valence-electron chi connectivity index (χ4n) is 7.71. The van der Waals surface area contributed by atoms with Gasteiger partial charge in [0.1, 0.15) is 24.1 Å². The maximum Gasteiger partial charge on any atom is 0.246 e. The number of rotatable bonds is 19. The molecule has 5 rings (SSSR count). The molecule has 0 saturated carbocycles. The van der Waals surface area contributed by atoms with Crippen LogP contribution in [0.4, 0.5) is 0 Å². The van der Waals surface area contributed by atoms with E-state index in [0.29, 0.717) is 18.4 Å². The zero-order valence-electron chi connectivity index (χ0n) is 34.4. The number of aromatic hydroxyl groups is 1. The summed E-state index contributed by atoms with van der Waals surface area (Å²) >= 11 is 0. The van der Waals surface area contributed by atoms with Crippen molar-refractivity contribution in [2.45, 2.75) is 84.5 Å². The molecule has 314 valence electrons. The van der Waals surface area contributed by atoms with Crippen LogP contribution in [0.3, 0.4) is 0 Å². The van der Waals surface area contributed by atoms with E-state index >= 15 is 0 Å². The topological polar surface area (TPSA) is 207 Å². The summed E-state index contributed by atoms with van der Waals surface area (Å²) in [4.78, 5) is 74.9. The predicted octanol–water partition coefficient (Wildman–Crippen LogP) is 4.62. The average molecular weight is 807 g/mol. The third-order valence-corrected chi connectivity index (χ3v) is 11.5. The van der Waals surface area contributed by atoms with Gasteiger partial charge in [-0.2, -0.15) is 0 Å². The molecule has 1 aliphatic rings. The maximum atomic E-state index is 14.4. The van der Waals surface area contributed by atoms with E-state index in [4.69, 9.17) is 5.73 Å². The number of ketones is 1. The largest absolute Gasteiger partial charge is 0.511 e. The van der Waals surface area contributed by atoms with Crippen molar-refractivity contribution in [3.05, 3.63) is 114 Å². The molecule has 0 unspecified atom stereocenters. The minimum Gasteiger partial charge on any atom is -0.511 e. The summed E-state index contributed by atoms with van der Waals surface area (Å²) in [6, 6.07) is 20.5. The van der Waals surface area contributed by atoms with Crippen molar-refractivity contribution in [2.75, 3.05) is 13.1 Å². The third kappa shape index (κ3) is 11.4. The Morgan fingerprint density at radius 3 is 2.17 bits per heavy atom. The number of Topliss-reactive ketones (excluding diaryl/α,β-unsaturated/α-hetero) is 1. The molecule has 13 nitrogen and oxygen atoms in total. The van der Waals surface area contributed by atoms with E-state index in [0.717, 1.165) is 27.7 Å². The van der Waals surface area contributed by atoms with E-state index in [1.807, 2.05) is 82.3 Å². The number of hydrogen-bond donors (Lipinski definition) is 7. The van der Waals surface area contributed by atoms with Gasteiger partial charge in [0.05, 0.1) is 24.5 Å². The van der Waals surface area contributed by atoms with Gasteiger partial charge >= 0.3 is 0 Å². The number of benzene rings is 3. The van der Waals surface area contributed by atoms with Crippen LogP contribution >= 0.6 is 0 Å². The van der Waals surface area contributed by atoms with Crippen LogP contribution in [0.5, 0.6) is 5.75 Å². The number of aromatic amines is 1. The fraction of sp³-hybridized carbons (Fsp3) is 0.413. The number of carbonyl (C=O) groups is 5. The first kappa shape index (κ1) is 44.2. The molecule has 1 aliphatic heterocycles. The van der Waals surface area contributed by atoms with Crippen molar-refractivity contribution in [3.63, 3.8) is 0 Å². The molecule has 13 heteroatoms. The number of H-pyrrole nitrogens is 1. The van der Waals surface area contributed by atoms with E-state index in [-0.39, 0.29) is 73.9 Å². The Balaban J connectivity index is 1.39. The number of nitrogens with two attached hydrogens (primary N) is 1. The van der Waals surface area contributed by atoms with Crippen molar-refractivity contribution in [1.82, 2.24) is 25.8 Å². The Labute approximate surface area is 345 Å². The van der Waals surface area contributed by atoms with Crippen LogP contribution in [0.1, 0.15) is 62.9 Å². The molecule has 4 amide bonds. The molecule has 59 heavy (non-hydrogen) atoms. The lowest BCUT2D eigenvalue weighted by atomic mass is 9.84. The number of carbonyl (C=O) groups excluding carboxylic acids is 5. The van der Waals surface area contributed by atoms with Crippen molar-refractivity contribution in [1.29, 1.82) is 0 Å². The van der Waals surface area contributed by atoms with Gasteiger partial charge in [-0.25, -0.2) is 0 Å². The highest BCUT2D eigenvalue weighted by molar-refractivity contribution is 5.96. The van der Waals surface area contributed by atoms with Crippen LogP contribution in [0.15, 0.2) is 91.2 Å². The van der Waals surface area contributed by atoms with Gasteiger partial charge in [-0.1, -0.05) is 101 Å². The van der Waals surface area contributed by atoms with E-state index in [1.54, 1.807) is 12.1 Å². The molecular weight excluding hydrogens is 749 g/mol. The first-order valence-corrected chi connectivity index (χ1v) is 20.4. The summed E-state index contributed by atoms with van der Waals surface area (Å²) in [6.45, 7) is 11.0. The normalized spacial score (nSPS) is 16.6. The Morgan fingerprint density at radius 2 is 1.53 bits per heavy atom. The highest BCUT2D eigenvalue weighted by atomic mass is 16.3. The molecule has 3 aromatic carbocycles. The van der Waals surface area contributed by atoms with Gasteiger partial charge in [0.25, 0.3) is 0 Å². The standard InChI is InChI=1S/C46H58N6O7/c1-6-28(4)34(23-42(55)39(21-31-16-18-32(54)19-17-31)50-45(58)36(24-47)27(2)3)44(57)51-40-22-35-33-14-10-11-15-37(33)48-41(35)25-52(46(40)59)26-43(56)49-38(29(5)53)20-30-12-8-7-9-13-30/h7-19,27-28,34,36,38-40,48,53-54H,5-6,20-26,47H2,1-4H3,(H,49,56)(H,50,58)(H,51,57)/t28-,34-,36-,38-,39-,40-/m0/s1. The lowest BCUT2D eigenvalue weighted by Gasteiger charge is -2.29. The second kappa shape index (κ2) is 20.1. The minimum absolute atomic E-state index is 0.0625. The van der Waals surface area contributed by atoms with Crippen LogP contribution in [-0.4, -0.2) is 80.7 Å². The van der Waals surface area contributed by atoms with E-state index in [2.05, 4.69) is 27.5 Å². The number of amides is 4.